The number of aliphatic hydroxyl groups excluding tert-OH is 11. The second-order valence-electron chi connectivity index (χ2n) is 17.0. The SMILES string of the molecule is COC(=O)CCCCCCCCO[C@@H]1O[C@H](CO[C@H]2O[C@H](CSCSCC(=O)N[C@H]3[C@@H](OP(=O)(O)O)O[C@H](CO)[C@@H](O)[C@@H]3O)[C@@H](O)[C@H](O)[C@@H]2O[C@@H]2O[C@H](CO)[C@@H](O)[C@H](O)[C@H]2NC(C)=O)[C@@H](O)[C@H](O)[C@@H]1O. The number of phosphoric acid groups is 1. The lowest BCUT2D eigenvalue weighted by molar-refractivity contribution is -0.360. The summed E-state index contributed by atoms with van der Waals surface area (Å²) in [7, 11) is -3.92. The molecule has 70 heavy (non-hydrogen) atoms. The molecular weight excluding hydrogens is 1010 g/mol. The molecule has 0 aliphatic carbocycles. The fourth-order valence-corrected chi connectivity index (χ4v) is 10.3. The highest BCUT2D eigenvalue weighted by molar-refractivity contribution is 8.16. The number of phosphoric ester groups is 1. The van der Waals surface area contributed by atoms with Crippen LogP contribution in [0.2, 0.25) is 0 Å². The van der Waals surface area contributed by atoms with Gasteiger partial charge < -0.3 is 114 Å². The smallest absolute Gasteiger partial charge is 0.469 e. The zero-order valence-electron chi connectivity index (χ0n) is 38.3. The average Bonchev–Trinajstić information content (AvgIpc) is 3.31. The molecule has 4 rings (SSSR count). The van der Waals surface area contributed by atoms with Gasteiger partial charge in [-0.05, 0) is 12.8 Å². The maximum atomic E-state index is 12.8. The summed E-state index contributed by atoms with van der Waals surface area (Å²) in [6, 6.07) is -3.18. The van der Waals surface area contributed by atoms with E-state index in [1.807, 2.05) is 0 Å². The quantitative estimate of drug-likeness (QED) is 0.0158. The molecule has 28 nitrogen and oxygen atoms in total. The van der Waals surface area contributed by atoms with E-state index in [9.17, 15) is 84.9 Å². The van der Waals surface area contributed by atoms with E-state index in [0.717, 1.165) is 56.1 Å². The van der Waals surface area contributed by atoms with Gasteiger partial charge in [-0.15, -0.1) is 23.5 Å². The highest BCUT2D eigenvalue weighted by Gasteiger charge is 2.53. The number of amides is 2. The lowest BCUT2D eigenvalue weighted by Crippen LogP contribution is -2.67. The monoisotopic (exact) mass is 1080 g/mol. The summed E-state index contributed by atoms with van der Waals surface area (Å²) in [4.78, 5) is 54.9. The van der Waals surface area contributed by atoms with Crippen LogP contribution >= 0.6 is 31.3 Å². The number of unbranched alkanes of at least 4 members (excludes halogenated alkanes) is 5. The molecule has 0 aromatic rings. The summed E-state index contributed by atoms with van der Waals surface area (Å²) in [5, 5.41) is 121. The maximum absolute atomic E-state index is 12.8. The zero-order chi connectivity index (χ0) is 51.9. The van der Waals surface area contributed by atoms with Gasteiger partial charge >= 0.3 is 13.8 Å². The summed E-state index contributed by atoms with van der Waals surface area (Å²) in [5.74, 6) is -2.21. The van der Waals surface area contributed by atoms with Crippen LogP contribution in [0.15, 0.2) is 0 Å². The number of nitrogens with one attached hydrogen (secondary N) is 2. The fourth-order valence-electron chi connectivity index (χ4n) is 7.87. The molecule has 15 N–H and O–H groups in total. The fraction of sp³-hybridized carbons (Fsp3) is 0.923. The van der Waals surface area contributed by atoms with Crippen molar-refractivity contribution in [2.75, 3.05) is 50.1 Å². The van der Waals surface area contributed by atoms with Gasteiger partial charge in [0.25, 0.3) is 0 Å². The number of methoxy groups -OCH3 is 1. The van der Waals surface area contributed by atoms with Crippen molar-refractivity contribution in [1.29, 1.82) is 0 Å². The Morgan fingerprint density at radius 1 is 0.600 bits per heavy atom. The highest BCUT2D eigenvalue weighted by Crippen LogP contribution is 2.41. The Hall–Kier alpha value is -1.50. The summed E-state index contributed by atoms with van der Waals surface area (Å²) in [5.41, 5.74) is 0. The third kappa shape index (κ3) is 17.8. The van der Waals surface area contributed by atoms with Crippen molar-refractivity contribution in [1.82, 2.24) is 10.6 Å². The molecule has 4 heterocycles. The van der Waals surface area contributed by atoms with E-state index < -0.39 is 162 Å². The highest BCUT2D eigenvalue weighted by atomic mass is 32.2. The van der Waals surface area contributed by atoms with Gasteiger partial charge in [0.2, 0.25) is 11.8 Å². The van der Waals surface area contributed by atoms with Crippen LogP contribution in [0.25, 0.3) is 0 Å². The van der Waals surface area contributed by atoms with Crippen LogP contribution in [-0.4, -0.2) is 257 Å². The zero-order valence-corrected chi connectivity index (χ0v) is 40.9. The minimum Gasteiger partial charge on any atom is -0.469 e. The third-order valence-electron chi connectivity index (χ3n) is 11.7. The normalized spacial score (nSPS) is 38.2. The molecule has 0 spiro atoms. The van der Waals surface area contributed by atoms with Crippen LogP contribution in [0.1, 0.15) is 51.9 Å². The van der Waals surface area contributed by atoms with Gasteiger partial charge in [0.15, 0.2) is 25.2 Å². The molecule has 0 radical (unpaired) electrons. The van der Waals surface area contributed by atoms with Crippen LogP contribution in [0, 0.1) is 0 Å². The van der Waals surface area contributed by atoms with Crippen LogP contribution in [0.5, 0.6) is 0 Å². The Balaban J connectivity index is 1.40. The van der Waals surface area contributed by atoms with E-state index in [2.05, 4.69) is 19.9 Å². The van der Waals surface area contributed by atoms with Gasteiger partial charge in [-0.3, -0.25) is 18.9 Å². The number of aliphatic hydroxyl groups is 11. The molecule has 0 saturated carbocycles. The molecule has 4 aliphatic rings. The Labute approximate surface area is 410 Å². The number of esters is 1. The number of hydrogen-bond donors (Lipinski definition) is 15. The van der Waals surface area contributed by atoms with Gasteiger partial charge in [0.05, 0.1) is 38.8 Å². The molecule has 2 amide bonds. The first-order valence-corrected chi connectivity index (χ1v) is 26.3. The van der Waals surface area contributed by atoms with Gasteiger partial charge in [-0.2, -0.15) is 0 Å². The minimum absolute atomic E-state index is 0.0979. The standard InChI is InChI=1S/C39H69N2O26PS2/c1-17(44)40-24-30(51)26(47)18(11-42)62-36(24)66-35-33(54)29(50)21(14-69-16-70-15-22(45)41-25-31(52)27(48)19(12-43)63-37(25)67-68(56,57)58)65-39(35)61-13-20-28(49)32(53)34(55)38(64-20)60-10-8-6-4-3-5-7-9-23(46)59-2/h18-21,24-39,42-43,47-55H,3-16H2,1-2H3,(H,40,44)(H,41,45)(H2,56,57,58)/t18-,19-,20-,21-,24-,25-,26-,27-,28-,29-,30-,31-,32+,33+,34+,35+,36+,37-,38-,39+/m1/s1. The Bertz CT molecular complexity index is 1650. The van der Waals surface area contributed by atoms with Gasteiger partial charge in [0.1, 0.15) is 91.4 Å². The molecule has 0 unspecified atom stereocenters. The molecule has 4 saturated heterocycles. The molecule has 20 atom stereocenters. The lowest BCUT2D eigenvalue weighted by Gasteiger charge is -2.47. The summed E-state index contributed by atoms with van der Waals surface area (Å²) >= 11 is 2.07. The predicted molar refractivity (Wildman–Crippen MR) is 236 cm³/mol. The van der Waals surface area contributed by atoms with E-state index in [4.69, 9.17) is 33.2 Å². The number of carbonyl (C=O) groups excluding carboxylic acids is 3. The van der Waals surface area contributed by atoms with Crippen LogP contribution < -0.4 is 10.6 Å². The van der Waals surface area contributed by atoms with E-state index in [0.29, 0.717) is 19.3 Å². The number of hydrogen-bond acceptors (Lipinski definition) is 26. The first-order chi connectivity index (χ1) is 33.1. The molecule has 0 aromatic heterocycles. The molecule has 0 aromatic carbocycles. The number of ether oxygens (including phenoxy) is 8. The molecule has 4 fully saturated rings. The molecular formula is C39H69N2O26PS2. The topological polar surface area (TPSA) is 438 Å². The van der Waals surface area contributed by atoms with Crippen molar-refractivity contribution < 1.29 is 127 Å². The van der Waals surface area contributed by atoms with Gasteiger partial charge in [0, 0.05) is 30.8 Å². The van der Waals surface area contributed by atoms with Gasteiger partial charge in [-0.1, -0.05) is 25.7 Å². The van der Waals surface area contributed by atoms with Crippen molar-refractivity contribution in [3.8, 4) is 0 Å². The molecule has 4 aliphatic heterocycles. The Morgan fingerprint density at radius 3 is 1.74 bits per heavy atom. The van der Waals surface area contributed by atoms with Crippen LogP contribution in [-0.2, 0) is 61.4 Å². The number of carbonyl (C=O) groups is 3. The van der Waals surface area contributed by atoms with Crippen LogP contribution in [0.3, 0.4) is 0 Å². The van der Waals surface area contributed by atoms with E-state index >= 15 is 0 Å². The molecule has 0 bridgehead atoms. The maximum Gasteiger partial charge on any atom is 0.472 e. The Kier molecular flexibility index (Phi) is 25.8. The summed E-state index contributed by atoms with van der Waals surface area (Å²) in [6.07, 6.45) is -25.4. The van der Waals surface area contributed by atoms with Crippen molar-refractivity contribution in [2.24, 2.45) is 0 Å². The predicted octanol–water partition coefficient (Wildman–Crippen LogP) is -6.04. The van der Waals surface area contributed by atoms with Crippen molar-refractivity contribution >= 4 is 49.1 Å². The third-order valence-corrected chi connectivity index (χ3v) is 14.5. The second-order valence-corrected chi connectivity index (χ2v) is 20.5. The van der Waals surface area contributed by atoms with E-state index in [-0.39, 0.29) is 29.2 Å². The van der Waals surface area contributed by atoms with Crippen molar-refractivity contribution in [3.05, 3.63) is 0 Å². The molecule has 408 valence electrons. The largest absolute Gasteiger partial charge is 0.472 e. The summed E-state index contributed by atoms with van der Waals surface area (Å²) in [6.45, 7) is -1.11. The van der Waals surface area contributed by atoms with Crippen molar-refractivity contribution in [3.63, 3.8) is 0 Å². The Morgan fingerprint density at radius 2 is 1.14 bits per heavy atom. The van der Waals surface area contributed by atoms with E-state index in [1.165, 1.54) is 7.11 Å². The molecule has 31 heteroatoms. The number of thioether (sulfide) groups is 2. The first-order valence-electron chi connectivity index (χ1n) is 22.5. The minimum atomic E-state index is -5.25. The first kappa shape index (κ1) is 61.1. The number of rotatable bonds is 27. The van der Waals surface area contributed by atoms with Crippen LogP contribution in [0.4, 0.5) is 0 Å². The van der Waals surface area contributed by atoms with Gasteiger partial charge in [-0.25, -0.2) is 4.57 Å². The van der Waals surface area contributed by atoms with E-state index in [1.54, 1.807) is 0 Å². The second kappa shape index (κ2) is 29.6. The van der Waals surface area contributed by atoms with Crippen molar-refractivity contribution in [2.45, 2.75) is 175 Å². The lowest BCUT2D eigenvalue weighted by atomic mass is 9.96. The average molecular weight is 1080 g/mol. The summed E-state index contributed by atoms with van der Waals surface area (Å²) < 4.78 is 61.1.